The molecule has 2 N–H and O–H groups in total. The van der Waals surface area contributed by atoms with Crippen molar-refractivity contribution in [3.63, 3.8) is 0 Å². The summed E-state index contributed by atoms with van der Waals surface area (Å²) in [6, 6.07) is 0.464. The third-order valence-electron chi connectivity index (χ3n) is 5.73. The number of carbonyl (C=O) groups excluding carboxylic acids is 1. The molecule has 0 spiro atoms. The molecule has 3 fully saturated rings. The van der Waals surface area contributed by atoms with Gasteiger partial charge in [-0.2, -0.15) is 0 Å². The van der Waals surface area contributed by atoms with E-state index in [0.717, 1.165) is 19.3 Å². The van der Waals surface area contributed by atoms with E-state index in [4.69, 9.17) is 0 Å². The first-order valence-electron chi connectivity index (χ1n) is 7.72. The highest BCUT2D eigenvalue weighted by Gasteiger charge is 2.52. The van der Waals surface area contributed by atoms with Crippen molar-refractivity contribution >= 4 is 17.7 Å². The first kappa shape index (κ1) is 14.7. The van der Waals surface area contributed by atoms with Gasteiger partial charge in [-0.1, -0.05) is 13.8 Å². The van der Waals surface area contributed by atoms with Gasteiger partial charge in [0.1, 0.15) is 5.50 Å². The topological polar surface area (TPSA) is 52.6 Å². The molecule has 1 aliphatic heterocycles. The molecule has 5 heteroatoms. The molecular formula is C15H26N2O2S. The van der Waals surface area contributed by atoms with Gasteiger partial charge in [0.25, 0.3) is 0 Å². The fraction of sp³-hybridized carbons (Fsp3) is 0.933. The van der Waals surface area contributed by atoms with Crippen LogP contribution in [-0.2, 0) is 4.79 Å². The van der Waals surface area contributed by atoms with E-state index in [9.17, 15) is 9.90 Å². The number of rotatable bonds is 3. The van der Waals surface area contributed by atoms with Gasteiger partial charge in [-0.3, -0.25) is 10.1 Å². The first-order chi connectivity index (χ1) is 9.33. The molecular weight excluding hydrogens is 272 g/mol. The number of aliphatic hydroxyl groups excluding tert-OH is 1. The summed E-state index contributed by atoms with van der Waals surface area (Å²) >= 11 is 1.76. The molecule has 4 nitrogen and oxygen atoms in total. The quantitative estimate of drug-likeness (QED) is 0.832. The summed E-state index contributed by atoms with van der Waals surface area (Å²) in [5, 5.41) is 13.5. The van der Waals surface area contributed by atoms with Crippen molar-refractivity contribution in [3.05, 3.63) is 0 Å². The predicted octanol–water partition coefficient (Wildman–Crippen LogP) is 1.64. The largest absolute Gasteiger partial charge is 0.393 e. The number of carbonyl (C=O) groups is 1. The molecule has 114 valence electrons. The molecule has 1 saturated heterocycles. The van der Waals surface area contributed by atoms with Crippen LogP contribution >= 0.6 is 11.8 Å². The monoisotopic (exact) mass is 298 g/mol. The number of hydrogen-bond acceptors (Lipinski definition) is 4. The predicted molar refractivity (Wildman–Crippen MR) is 81.2 cm³/mol. The van der Waals surface area contributed by atoms with Gasteiger partial charge in [-0.05, 0) is 43.9 Å². The Kier molecular flexibility index (Phi) is 3.58. The van der Waals surface area contributed by atoms with E-state index in [1.54, 1.807) is 11.8 Å². The molecule has 6 unspecified atom stereocenters. The second-order valence-corrected chi connectivity index (χ2v) is 8.75. The molecule has 3 aliphatic rings. The summed E-state index contributed by atoms with van der Waals surface area (Å²) in [4.78, 5) is 14.4. The van der Waals surface area contributed by atoms with Crippen molar-refractivity contribution < 1.29 is 9.90 Å². The van der Waals surface area contributed by atoms with E-state index in [1.807, 2.05) is 11.9 Å². The maximum absolute atomic E-state index is 12.5. The average Bonchev–Trinajstić information content (AvgIpc) is 2.99. The van der Waals surface area contributed by atoms with Gasteiger partial charge in [-0.25, -0.2) is 0 Å². The van der Waals surface area contributed by atoms with Crippen molar-refractivity contribution in [2.75, 3.05) is 7.05 Å². The Morgan fingerprint density at radius 1 is 1.35 bits per heavy atom. The van der Waals surface area contributed by atoms with E-state index in [2.05, 4.69) is 26.1 Å². The van der Waals surface area contributed by atoms with E-state index in [1.165, 1.54) is 0 Å². The molecule has 1 amide bonds. The summed E-state index contributed by atoms with van der Waals surface area (Å²) < 4.78 is -0.316. The number of amides is 1. The lowest BCUT2D eigenvalue weighted by Crippen LogP contribution is -2.48. The van der Waals surface area contributed by atoms with Crippen LogP contribution in [0.5, 0.6) is 0 Å². The van der Waals surface area contributed by atoms with E-state index in [0.29, 0.717) is 23.8 Å². The molecule has 0 aromatic rings. The maximum atomic E-state index is 12.5. The zero-order valence-electron chi connectivity index (χ0n) is 12.8. The minimum Gasteiger partial charge on any atom is -0.393 e. The molecule has 20 heavy (non-hydrogen) atoms. The summed E-state index contributed by atoms with van der Waals surface area (Å²) in [6.07, 6.45) is 3.05. The fourth-order valence-electron chi connectivity index (χ4n) is 3.98. The Morgan fingerprint density at radius 3 is 2.50 bits per heavy atom. The van der Waals surface area contributed by atoms with E-state index >= 15 is 0 Å². The van der Waals surface area contributed by atoms with Gasteiger partial charge in [0.05, 0.1) is 10.9 Å². The number of aliphatic hydroxyl groups is 1. The zero-order valence-corrected chi connectivity index (χ0v) is 13.6. The van der Waals surface area contributed by atoms with Crippen molar-refractivity contribution in [2.24, 2.45) is 17.8 Å². The Hall–Kier alpha value is -0.260. The highest BCUT2D eigenvalue weighted by atomic mass is 32.2. The first-order valence-corrected chi connectivity index (χ1v) is 8.60. The fourth-order valence-corrected chi connectivity index (χ4v) is 5.46. The van der Waals surface area contributed by atoms with Crippen LogP contribution in [0.15, 0.2) is 0 Å². The third-order valence-corrected chi connectivity index (χ3v) is 7.54. The van der Waals surface area contributed by atoms with Gasteiger partial charge in [0.15, 0.2) is 0 Å². The minimum atomic E-state index is -0.316. The molecule has 0 aromatic heterocycles. The number of thioether (sulfide) groups is 1. The zero-order chi connectivity index (χ0) is 14.7. The van der Waals surface area contributed by atoms with Crippen LogP contribution in [0.3, 0.4) is 0 Å². The summed E-state index contributed by atoms with van der Waals surface area (Å²) in [5.74, 6) is 1.63. The molecule has 2 saturated carbocycles. The number of nitrogens with one attached hydrogen (secondary N) is 1. The normalized spacial score (nSPS) is 47.8. The van der Waals surface area contributed by atoms with Gasteiger partial charge >= 0.3 is 0 Å². The second-order valence-electron chi connectivity index (χ2n) is 7.22. The standard InChI is InChI=1S/C15H26N2O2S/c1-8(2)15(3)13(19)17(4)14(20-15)16-11-6-10-5-9(11)7-12(10)18/h8-12,14,16,18H,5-7H2,1-4H3. The lowest BCUT2D eigenvalue weighted by Gasteiger charge is -2.30. The third kappa shape index (κ3) is 2.09. The van der Waals surface area contributed by atoms with Crippen LogP contribution in [0.4, 0.5) is 0 Å². The molecule has 2 bridgehead atoms. The van der Waals surface area contributed by atoms with Crippen LogP contribution in [0.1, 0.15) is 40.0 Å². The van der Waals surface area contributed by atoms with Crippen LogP contribution in [0, 0.1) is 17.8 Å². The molecule has 6 atom stereocenters. The lowest BCUT2D eigenvalue weighted by molar-refractivity contribution is -0.132. The van der Waals surface area contributed by atoms with Crippen molar-refractivity contribution in [1.29, 1.82) is 0 Å². The average molecular weight is 298 g/mol. The molecule has 3 rings (SSSR count). The maximum Gasteiger partial charge on any atom is 0.240 e. The minimum absolute atomic E-state index is 0.0800. The Labute approximate surface area is 125 Å². The van der Waals surface area contributed by atoms with E-state index < -0.39 is 0 Å². The van der Waals surface area contributed by atoms with Crippen LogP contribution < -0.4 is 5.32 Å². The number of hydrogen-bond donors (Lipinski definition) is 2. The van der Waals surface area contributed by atoms with Gasteiger partial charge in [-0.15, -0.1) is 11.8 Å². The summed E-state index contributed by atoms with van der Waals surface area (Å²) in [7, 11) is 1.91. The molecule has 2 aliphatic carbocycles. The van der Waals surface area contributed by atoms with Crippen molar-refractivity contribution in [1.82, 2.24) is 10.2 Å². The van der Waals surface area contributed by atoms with Crippen LogP contribution in [0.25, 0.3) is 0 Å². The highest BCUT2D eigenvalue weighted by Crippen LogP contribution is 2.48. The second kappa shape index (κ2) is 4.89. The SMILES string of the molecule is CC(C)C1(C)SC(NC2CC3CC2CC3O)N(C)C1=O. The molecule has 1 heterocycles. The van der Waals surface area contributed by atoms with Crippen LogP contribution in [-0.4, -0.2) is 45.4 Å². The summed E-state index contributed by atoms with van der Waals surface area (Å²) in [6.45, 7) is 6.30. The van der Waals surface area contributed by atoms with Crippen LogP contribution in [0.2, 0.25) is 0 Å². The highest BCUT2D eigenvalue weighted by molar-refractivity contribution is 8.02. The Morgan fingerprint density at radius 2 is 2.05 bits per heavy atom. The van der Waals surface area contributed by atoms with Crippen molar-refractivity contribution in [3.8, 4) is 0 Å². The molecule has 0 radical (unpaired) electrons. The number of fused-ring (bicyclic) bond motifs is 2. The molecule has 0 aromatic carbocycles. The Bertz CT molecular complexity index is 415. The number of nitrogens with zero attached hydrogens (tertiary/aromatic N) is 1. The lowest BCUT2D eigenvalue weighted by atomic mass is 9.93. The van der Waals surface area contributed by atoms with Gasteiger partial charge < -0.3 is 10.0 Å². The Balaban J connectivity index is 1.66. The van der Waals surface area contributed by atoms with Gasteiger partial charge in [0.2, 0.25) is 5.91 Å². The van der Waals surface area contributed by atoms with Crippen molar-refractivity contribution in [2.45, 2.75) is 62.4 Å². The summed E-state index contributed by atoms with van der Waals surface area (Å²) in [5.41, 5.74) is 0.0800. The van der Waals surface area contributed by atoms with Gasteiger partial charge in [0, 0.05) is 13.1 Å². The smallest absolute Gasteiger partial charge is 0.240 e. The van der Waals surface area contributed by atoms with E-state index in [-0.39, 0.29) is 22.3 Å².